The number of likely N-dealkylation sites (N-methyl/N-ethyl adjacent to an activating group) is 1. The second kappa shape index (κ2) is 6.89. The lowest BCUT2D eigenvalue weighted by Crippen LogP contribution is -2.39. The van der Waals surface area contributed by atoms with E-state index in [1.54, 1.807) is 18.0 Å². The Bertz CT molecular complexity index is 512. The third kappa shape index (κ3) is 3.95. The van der Waals surface area contributed by atoms with Gasteiger partial charge in [0.25, 0.3) is 0 Å². The Balaban J connectivity index is 1.87. The van der Waals surface area contributed by atoms with Crippen molar-refractivity contribution in [2.24, 2.45) is 0 Å². The number of carbonyl (C=O) groups is 2. The second-order valence-corrected chi connectivity index (χ2v) is 7.21. The van der Waals surface area contributed by atoms with Crippen LogP contribution in [0.15, 0.2) is 6.07 Å². The van der Waals surface area contributed by atoms with Gasteiger partial charge in [-0.3, -0.25) is 14.5 Å². The van der Waals surface area contributed by atoms with Gasteiger partial charge in [-0.25, -0.2) is 0 Å². The van der Waals surface area contributed by atoms with Crippen molar-refractivity contribution in [3.63, 3.8) is 0 Å². The highest BCUT2D eigenvalue weighted by Crippen LogP contribution is 2.31. The molecule has 1 amide bonds. The summed E-state index contributed by atoms with van der Waals surface area (Å²) < 4.78 is 0.897. The van der Waals surface area contributed by atoms with Crippen molar-refractivity contribution >= 4 is 46.2 Å². The summed E-state index contributed by atoms with van der Waals surface area (Å²) in [5.41, 5.74) is 0.433. The van der Waals surface area contributed by atoms with Crippen LogP contribution in [0.3, 0.4) is 0 Å². The van der Waals surface area contributed by atoms with E-state index in [1.807, 2.05) is 4.90 Å². The van der Waals surface area contributed by atoms with Crippen LogP contribution in [0.25, 0.3) is 0 Å². The average molecular weight is 335 g/mol. The summed E-state index contributed by atoms with van der Waals surface area (Å²) in [6.45, 7) is 2.06. The number of hydrogen-bond donors (Lipinski definition) is 0. The number of likely N-dealkylation sites (tertiary alicyclic amines) is 1. The lowest BCUT2D eigenvalue weighted by atomic mass is 10.2. The zero-order valence-electron chi connectivity index (χ0n) is 11.2. The molecule has 1 fully saturated rings. The maximum Gasteiger partial charge on any atom is 0.236 e. The highest BCUT2D eigenvalue weighted by Gasteiger charge is 2.21. The summed E-state index contributed by atoms with van der Waals surface area (Å²) in [6.07, 6.45) is 2.13. The normalized spacial score (nSPS) is 15.1. The number of rotatable bonds is 5. The second-order valence-electron chi connectivity index (χ2n) is 4.92. The van der Waals surface area contributed by atoms with Gasteiger partial charge in [0.05, 0.1) is 23.0 Å². The Morgan fingerprint density at radius 1 is 1.30 bits per heavy atom. The number of ketones is 1. The van der Waals surface area contributed by atoms with E-state index in [-0.39, 0.29) is 24.8 Å². The van der Waals surface area contributed by atoms with Gasteiger partial charge in [0, 0.05) is 13.1 Å². The molecule has 1 aliphatic heterocycles. The lowest BCUT2D eigenvalue weighted by Gasteiger charge is -2.20. The molecule has 7 heteroatoms. The number of amides is 1. The number of nitrogens with zero attached hydrogens (tertiary/aromatic N) is 2. The molecule has 0 radical (unpaired) electrons. The Morgan fingerprint density at radius 2 is 1.95 bits per heavy atom. The van der Waals surface area contributed by atoms with Gasteiger partial charge >= 0.3 is 0 Å². The molecule has 1 aliphatic rings. The third-order valence-electron chi connectivity index (χ3n) is 3.23. The van der Waals surface area contributed by atoms with Gasteiger partial charge in [-0.2, -0.15) is 0 Å². The Hall–Kier alpha value is -0.620. The summed E-state index contributed by atoms with van der Waals surface area (Å²) >= 11 is 13.0. The van der Waals surface area contributed by atoms with Crippen molar-refractivity contribution in [2.45, 2.75) is 12.8 Å². The largest absolute Gasteiger partial charge is 0.342 e. The van der Waals surface area contributed by atoms with Gasteiger partial charge in [-0.1, -0.05) is 23.2 Å². The maximum absolute atomic E-state index is 12.1. The minimum absolute atomic E-state index is 0.0762. The fourth-order valence-electron chi connectivity index (χ4n) is 2.21. The van der Waals surface area contributed by atoms with Crippen LogP contribution in [0.4, 0.5) is 0 Å². The van der Waals surface area contributed by atoms with Crippen LogP contribution in [-0.2, 0) is 4.79 Å². The van der Waals surface area contributed by atoms with E-state index < -0.39 is 0 Å². The van der Waals surface area contributed by atoms with Gasteiger partial charge in [0.1, 0.15) is 4.34 Å². The molecule has 2 heterocycles. The van der Waals surface area contributed by atoms with Crippen LogP contribution < -0.4 is 0 Å². The molecular formula is C13H16Cl2N2O2S. The van der Waals surface area contributed by atoms with E-state index in [4.69, 9.17) is 23.2 Å². The van der Waals surface area contributed by atoms with Gasteiger partial charge in [0.2, 0.25) is 5.91 Å². The summed E-state index contributed by atoms with van der Waals surface area (Å²) in [4.78, 5) is 27.6. The first-order chi connectivity index (χ1) is 9.47. The summed E-state index contributed by atoms with van der Waals surface area (Å²) in [5, 5.41) is 0. The summed E-state index contributed by atoms with van der Waals surface area (Å²) in [5.74, 6) is -0.0397. The molecule has 2 rings (SSSR count). The Kier molecular flexibility index (Phi) is 5.43. The zero-order valence-corrected chi connectivity index (χ0v) is 13.5. The van der Waals surface area contributed by atoms with E-state index in [0.717, 1.165) is 25.9 Å². The molecule has 0 saturated carbocycles. The number of Topliss-reactive ketones (excluding diaryl/α,β-unsaturated/α-hetero) is 1. The van der Waals surface area contributed by atoms with Crippen LogP contribution in [0.2, 0.25) is 8.67 Å². The third-order valence-corrected chi connectivity index (χ3v) is 4.72. The summed E-state index contributed by atoms with van der Waals surface area (Å²) in [7, 11) is 1.76. The van der Waals surface area contributed by atoms with E-state index in [1.165, 1.54) is 11.3 Å². The minimum atomic E-state index is -0.116. The highest BCUT2D eigenvalue weighted by molar-refractivity contribution is 7.20. The Labute approximate surface area is 132 Å². The fraction of sp³-hybridized carbons (Fsp3) is 0.538. The topological polar surface area (TPSA) is 40.6 Å². The van der Waals surface area contributed by atoms with Crippen molar-refractivity contribution in [1.82, 2.24) is 9.80 Å². The van der Waals surface area contributed by atoms with Crippen LogP contribution in [0, 0.1) is 0 Å². The molecule has 0 spiro atoms. The van der Waals surface area contributed by atoms with Crippen LogP contribution >= 0.6 is 34.5 Å². The van der Waals surface area contributed by atoms with Crippen molar-refractivity contribution in [3.8, 4) is 0 Å². The molecule has 1 aromatic heterocycles. The molecular weight excluding hydrogens is 319 g/mol. The molecule has 0 bridgehead atoms. The maximum atomic E-state index is 12.1. The monoisotopic (exact) mass is 334 g/mol. The summed E-state index contributed by atoms with van der Waals surface area (Å²) in [6, 6.07) is 1.58. The number of carbonyl (C=O) groups excluding carboxylic acids is 2. The number of thiophene rings is 1. The first kappa shape index (κ1) is 15.8. The minimum Gasteiger partial charge on any atom is -0.342 e. The lowest BCUT2D eigenvalue weighted by molar-refractivity contribution is -0.130. The van der Waals surface area contributed by atoms with Crippen LogP contribution in [0.5, 0.6) is 0 Å². The van der Waals surface area contributed by atoms with Gasteiger partial charge < -0.3 is 4.90 Å². The van der Waals surface area contributed by atoms with Crippen molar-refractivity contribution in [3.05, 3.63) is 20.3 Å². The van der Waals surface area contributed by atoms with E-state index in [0.29, 0.717) is 14.2 Å². The van der Waals surface area contributed by atoms with Crippen LogP contribution in [0.1, 0.15) is 23.2 Å². The van der Waals surface area contributed by atoms with Crippen molar-refractivity contribution < 1.29 is 9.59 Å². The van der Waals surface area contributed by atoms with Crippen molar-refractivity contribution in [2.75, 3.05) is 33.2 Å². The van der Waals surface area contributed by atoms with Crippen LogP contribution in [-0.4, -0.2) is 54.7 Å². The van der Waals surface area contributed by atoms with E-state index in [9.17, 15) is 9.59 Å². The average Bonchev–Trinajstić information content (AvgIpc) is 2.98. The molecule has 110 valence electrons. The first-order valence-electron chi connectivity index (χ1n) is 6.41. The predicted octanol–water partition coefficient (Wildman–Crippen LogP) is 2.79. The standard InChI is InChI=1S/C13H16Cl2N2O2S/c1-16(8-12(19)17-4-2-3-5-17)7-10(18)9-6-11(14)20-13(9)15/h6H,2-5,7-8H2,1H3. The van der Waals surface area contributed by atoms with Gasteiger partial charge in [-0.15, -0.1) is 11.3 Å². The number of halogens is 2. The zero-order chi connectivity index (χ0) is 14.7. The molecule has 4 nitrogen and oxygen atoms in total. The molecule has 20 heavy (non-hydrogen) atoms. The smallest absolute Gasteiger partial charge is 0.236 e. The molecule has 0 atom stereocenters. The quantitative estimate of drug-likeness (QED) is 0.777. The van der Waals surface area contributed by atoms with Gasteiger partial charge in [-0.05, 0) is 26.0 Å². The Morgan fingerprint density at radius 3 is 2.50 bits per heavy atom. The van der Waals surface area contributed by atoms with E-state index in [2.05, 4.69) is 0 Å². The fourth-order valence-corrected chi connectivity index (χ4v) is 3.71. The van der Waals surface area contributed by atoms with Gasteiger partial charge in [0.15, 0.2) is 5.78 Å². The van der Waals surface area contributed by atoms with Crippen molar-refractivity contribution in [1.29, 1.82) is 0 Å². The predicted molar refractivity (Wildman–Crippen MR) is 82.0 cm³/mol. The SMILES string of the molecule is CN(CC(=O)c1cc(Cl)sc1Cl)CC(=O)N1CCCC1. The molecule has 1 saturated heterocycles. The molecule has 0 aromatic carbocycles. The highest BCUT2D eigenvalue weighted by atomic mass is 35.5. The molecule has 0 N–H and O–H groups in total. The molecule has 0 unspecified atom stereocenters. The van der Waals surface area contributed by atoms with E-state index >= 15 is 0 Å². The molecule has 0 aliphatic carbocycles. The first-order valence-corrected chi connectivity index (χ1v) is 7.99. The molecule has 1 aromatic rings. The number of hydrogen-bond acceptors (Lipinski definition) is 4.